The molecular weight excluding hydrogens is 597 g/mol. The van der Waals surface area contributed by atoms with E-state index in [1.165, 1.54) is 9.42 Å². The number of carbonyl (C=O) groups is 2. The first kappa shape index (κ1) is 34.4. The van der Waals surface area contributed by atoms with Gasteiger partial charge in [0, 0.05) is 47.5 Å². The molecule has 1 fully saturated rings. The highest BCUT2D eigenvalue weighted by atomic mass is 19.1. The maximum absolute atomic E-state index is 15.0. The molecule has 3 aromatic rings. The van der Waals surface area contributed by atoms with E-state index in [2.05, 4.69) is 10.4 Å². The summed E-state index contributed by atoms with van der Waals surface area (Å²) in [7, 11) is 0. The molecule has 250 valence electrons. The Morgan fingerprint density at radius 1 is 1.13 bits per heavy atom. The molecule has 13 nitrogen and oxygen atoms in total. The number of rotatable bonds is 7. The van der Waals surface area contributed by atoms with Gasteiger partial charge in [0.25, 0.3) is 5.69 Å². The minimum Gasteiger partial charge on any atom is -0.444 e. The Hall–Kier alpha value is -4.49. The van der Waals surface area contributed by atoms with Crippen LogP contribution in [0, 0.1) is 15.9 Å². The largest absolute Gasteiger partial charge is 0.444 e. The monoisotopic (exact) mass is 641 g/mol. The highest BCUT2D eigenvalue weighted by Gasteiger charge is 2.40. The fraction of sp³-hybridized carbons (Fsp3) is 0.562. The van der Waals surface area contributed by atoms with Gasteiger partial charge in [0.2, 0.25) is 0 Å². The fourth-order valence-corrected chi connectivity index (χ4v) is 5.22. The zero-order chi connectivity index (χ0) is 34.2. The van der Waals surface area contributed by atoms with Crippen molar-refractivity contribution in [3.05, 3.63) is 57.5 Å². The van der Waals surface area contributed by atoms with Crippen LogP contribution >= 0.6 is 0 Å². The van der Waals surface area contributed by atoms with Gasteiger partial charge in [-0.05, 0) is 80.7 Å². The van der Waals surface area contributed by atoms with Crippen LogP contribution in [0.4, 0.5) is 31.3 Å². The molecule has 4 rings (SSSR count). The van der Waals surface area contributed by atoms with Crippen molar-refractivity contribution in [3.63, 3.8) is 0 Å². The summed E-state index contributed by atoms with van der Waals surface area (Å²) in [6, 6.07) is 4.56. The maximum Gasteiger partial charge on any atom is 0.416 e. The van der Waals surface area contributed by atoms with E-state index in [4.69, 9.17) is 14.5 Å². The van der Waals surface area contributed by atoms with Crippen LogP contribution < -0.4 is 10.2 Å². The van der Waals surface area contributed by atoms with Gasteiger partial charge in [-0.1, -0.05) is 6.92 Å². The number of halogens is 1. The molecule has 2 aromatic heterocycles. The van der Waals surface area contributed by atoms with Gasteiger partial charge < -0.3 is 19.7 Å². The quantitative estimate of drug-likeness (QED) is 0.216. The van der Waals surface area contributed by atoms with Crippen molar-refractivity contribution in [2.45, 2.75) is 111 Å². The zero-order valence-electron chi connectivity index (χ0n) is 28.0. The average molecular weight is 642 g/mol. The van der Waals surface area contributed by atoms with E-state index in [-0.39, 0.29) is 29.7 Å². The second kappa shape index (κ2) is 12.7. The molecule has 1 aliphatic rings. The van der Waals surface area contributed by atoms with Crippen LogP contribution in [0.1, 0.15) is 86.3 Å². The smallest absolute Gasteiger partial charge is 0.416 e. The standard InChI is InChI=1S/C32H44FN7O6/c1-10-20-17-34-39-26(37(28(41)45-30(2,3)4)18-21-15-23(40(43)44)11-12-24(21)33)16-25(36-27(20)39)35-22-13-14-32(8,9)38(19-22)29(42)46-31(5,6)7/h11-12,15-17,22H,10,13-14,18-19H2,1-9H3,(H,35,36)/t22-/m0/s1. The van der Waals surface area contributed by atoms with E-state index in [0.717, 1.165) is 30.2 Å². The number of fused-ring (bicyclic) bond motifs is 1. The van der Waals surface area contributed by atoms with E-state index in [9.17, 15) is 19.7 Å². The molecule has 0 bridgehead atoms. The number of piperidine rings is 1. The zero-order valence-corrected chi connectivity index (χ0v) is 28.0. The fourth-order valence-electron chi connectivity index (χ4n) is 5.22. The molecule has 1 aliphatic heterocycles. The van der Waals surface area contributed by atoms with E-state index in [1.807, 2.05) is 41.5 Å². The lowest BCUT2D eigenvalue weighted by atomic mass is 9.88. The number of hydrogen-bond donors (Lipinski definition) is 1. The summed E-state index contributed by atoms with van der Waals surface area (Å²) in [4.78, 5) is 45.5. The Labute approximate surface area is 268 Å². The van der Waals surface area contributed by atoms with E-state index < -0.39 is 39.7 Å². The summed E-state index contributed by atoms with van der Waals surface area (Å²) in [5.74, 6) is -0.100. The molecule has 14 heteroatoms. The number of non-ortho nitro benzene ring substituents is 1. The summed E-state index contributed by atoms with van der Waals surface area (Å²) in [5, 5.41) is 19.4. The number of ether oxygens (including phenoxy) is 2. The van der Waals surface area contributed by atoms with Crippen LogP contribution in [0.25, 0.3) is 5.65 Å². The third-order valence-electron chi connectivity index (χ3n) is 7.57. The van der Waals surface area contributed by atoms with Crippen molar-refractivity contribution in [2.75, 3.05) is 16.8 Å². The highest BCUT2D eigenvalue weighted by Crippen LogP contribution is 2.32. The van der Waals surface area contributed by atoms with Gasteiger partial charge in [0.1, 0.15) is 28.7 Å². The first-order chi connectivity index (χ1) is 21.3. The predicted molar refractivity (Wildman–Crippen MR) is 172 cm³/mol. The van der Waals surface area contributed by atoms with Crippen molar-refractivity contribution < 1.29 is 28.4 Å². The summed E-state index contributed by atoms with van der Waals surface area (Å²) < 4.78 is 27.9. The van der Waals surface area contributed by atoms with Gasteiger partial charge in [-0.3, -0.25) is 15.0 Å². The molecular formula is C32H44FN7O6. The lowest BCUT2D eigenvalue weighted by molar-refractivity contribution is -0.385. The number of anilines is 2. The average Bonchev–Trinajstić information content (AvgIpc) is 3.34. The number of aromatic nitrogens is 3. The van der Waals surface area contributed by atoms with Gasteiger partial charge in [0.15, 0.2) is 5.65 Å². The van der Waals surface area contributed by atoms with Gasteiger partial charge in [-0.25, -0.2) is 19.0 Å². The van der Waals surface area contributed by atoms with E-state index >= 15 is 4.39 Å². The normalized spacial score (nSPS) is 16.7. The third kappa shape index (κ3) is 8.01. The number of nitrogens with zero attached hydrogens (tertiary/aromatic N) is 6. The molecule has 1 aromatic carbocycles. The van der Waals surface area contributed by atoms with Crippen LogP contribution in [-0.4, -0.2) is 65.9 Å². The molecule has 0 aliphatic carbocycles. The second-order valence-electron chi connectivity index (χ2n) is 14.1. The van der Waals surface area contributed by atoms with Gasteiger partial charge in [-0.2, -0.15) is 9.61 Å². The van der Waals surface area contributed by atoms with Gasteiger partial charge in [0.05, 0.1) is 17.7 Å². The maximum atomic E-state index is 15.0. The van der Waals surface area contributed by atoms with Crippen LogP contribution in [0.2, 0.25) is 0 Å². The van der Waals surface area contributed by atoms with Crippen molar-refractivity contribution in [3.8, 4) is 0 Å². The number of likely N-dealkylation sites (tertiary alicyclic amines) is 1. The number of nitro benzene ring substituents is 1. The molecule has 0 spiro atoms. The molecule has 2 amide bonds. The Balaban J connectivity index is 1.78. The number of nitrogens with one attached hydrogen (secondary N) is 1. The van der Waals surface area contributed by atoms with Crippen molar-refractivity contribution in [1.29, 1.82) is 0 Å². The number of hydrogen-bond acceptors (Lipinski definition) is 9. The molecule has 0 saturated carbocycles. The summed E-state index contributed by atoms with van der Waals surface area (Å²) in [6.07, 6.45) is 2.44. The SMILES string of the molecule is CCc1cnn2c(N(Cc3cc([N+](=O)[O-])ccc3F)C(=O)OC(C)(C)C)cc(N[C@H]3CCC(C)(C)N(C(=O)OC(C)(C)C)C3)nc12. The molecule has 0 radical (unpaired) electrons. The van der Waals surface area contributed by atoms with Crippen molar-refractivity contribution in [2.24, 2.45) is 0 Å². The second-order valence-corrected chi connectivity index (χ2v) is 14.1. The molecule has 1 saturated heterocycles. The molecule has 1 N–H and O–H groups in total. The topological polar surface area (TPSA) is 144 Å². The highest BCUT2D eigenvalue weighted by molar-refractivity contribution is 5.88. The van der Waals surface area contributed by atoms with Crippen LogP contribution in [0.15, 0.2) is 30.5 Å². The first-order valence-corrected chi connectivity index (χ1v) is 15.4. The van der Waals surface area contributed by atoms with E-state index in [1.54, 1.807) is 37.9 Å². The molecule has 46 heavy (non-hydrogen) atoms. The Kier molecular flexibility index (Phi) is 9.51. The number of carbonyl (C=O) groups excluding carboxylic acids is 2. The first-order valence-electron chi connectivity index (χ1n) is 15.4. The molecule has 1 atom stereocenters. The summed E-state index contributed by atoms with van der Waals surface area (Å²) >= 11 is 0. The van der Waals surface area contributed by atoms with Crippen LogP contribution in [0.3, 0.4) is 0 Å². The minimum absolute atomic E-state index is 0.0788. The summed E-state index contributed by atoms with van der Waals surface area (Å²) in [5.41, 5.74) is -1.11. The van der Waals surface area contributed by atoms with Crippen LogP contribution in [0.5, 0.6) is 0 Å². The minimum atomic E-state index is -0.900. The number of aryl methyl sites for hydroxylation is 1. The number of nitro groups is 1. The summed E-state index contributed by atoms with van der Waals surface area (Å²) in [6.45, 7) is 16.5. The van der Waals surface area contributed by atoms with Gasteiger partial charge >= 0.3 is 12.2 Å². The van der Waals surface area contributed by atoms with Crippen molar-refractivity contribution >= 4 is 35.2 Å². The van der Waals surface area contributed by atoms with E-state index in [0.29, 0.717) is 30.9 Å². The third-order valence-corrected chi connectivity index (χ3v) is 7.57. The molecule has 0 unspecified atom stereocenters. The Morgan fingerprint density at radius 3 is 2.41 bits per heavy atom. The molecule has 3 heterocycles. The lowest BCUT2D eigenvalue weighted by Gasteiger charge is -2.45. The number of benzene rings is 1. The van der Waals surface area contributed by atoms with Gasteiger partial charge in [-0.15, -0.1) is 0 Å². The Bertz CT molecular complexity index is 1630. The predicted octanol–water partition coefficient (Wildman–Crippen LogP) is 6.87. The van der Waals surface area contributed by atoms with Crippen molar-refractivity contribution in [1.82, 2.24) is 19.5 Å². The Morgan fingerprint density at radius 2 is 1.80 bits per heavy atom. The van der Waals surface area contributed by atoms with Crippen LogP contribution in [-0.2, 0) is 22.4 Å². The lowest BCUT2D eigenvalue weighted by Crippen LogP contribution is -2.57. The number of amides is 2.